The number of hydrogen-bond acceptors (Lipinski definition) is 4. The lowest BCUT2D eigenvalue weighted by Gasteiger charge is -2.05. The number of hydrogen-bond donors (Lipinski definition) is 1. The van der Waals surface area contributed by atoms with Gasteiger partial charge in [-0.05, 0) is 11.6 Å². The van der Waals surface area contributed by atoms with E-state index in [0.717, 1.165) is 11.1 Å². The van der Waals surface area contributed by atoms with Gasteiger partial charge < -0.3 is 5.32 Å². The van der Waals surface area contributed by atoms with Gasteiger partial charge in [-0.3, -0.25) is 4.79 Å². The van der Waals surface area contributed by atoms with Gasteiger partial charge >= 0.3 is 0 Å². The molecule has 2 aromatic heterocycles. The van der Waals surface area contributed by atoms with Crippen LogP contribution in [0.25, 0.3) is 16.4 Å². The van der Waals surface area contributed by atoms with E-state index in [1.54, 1.807) is 10.9 Å². The second-order valence-corrected chi connectivity index (χ2v) is 6.64. The van der Waals surface area contributed by atoms with Gasteiger partial charge in [-0.1, -0.05) is 72.0 Å². The van der Waals surface area contributed by atoms with Crippen LogP contribution in [-0.4, -0.2) is 20.7 Å². The molecule has 4 rings (SSSR count). The Morgan fingerprint density at radius 3 is 2.42 bits per heavy atom. The fourth-order valence-corrected chi connectivity index (χ4v) is 3.54. The number of carbonyl (C=O) groups excluding carboxylic acids is 1. The van der Waals surface area contributed by atoms with Crippen molar-refractivity contribution in [3.8, 4) is 16.4 Å². The number of aromatic nitrogens is 3. The Bertz CT molecular complexity index is 995. The van der Waals surface area contributed by atoms with Crippen LogP contribution in [0.4, 0.5) is 0 Å². The molecule has 0 aliphatic carbocycles. The summed E-state index contributed by atoms with van der Waals surface area (Å²) in [7, 11) is 0. The summed E-state index contributed by atoms with van der Waals surface area (Å²) in [6, 6.07) is 21.4. The Morgan fingerprint density at radius 2 is 1.73 bits per heavy atom. The molecule has 0 fully saturated rings. The molecular formula is C20H16N4OS. The van der Waals surface area contributed by atoms with Gasteiger partial charge in [0.25, 0.3) is 5.91 Å². The van der Waals surface area contributed by atoms with Crippen LogP contribution in [0.15, 0.2) is 79.1 Å². The first kappa shape index (κ1) is 16.2. The maximum absolute atomic E-state index is 12.8. The summed E-state index contributed by atoms with van der Waals surface area (Å²) >= 11 is 1.33. The number of nitrogens with one attached hydrogen (secondary N) is 1. The van der Waals surface area contributed by atoms with E-state index in [1.165, 1.54) is 11.3 Å². The van der Waals surface area contributed by atoms with Crippen LogP contribution in [0, 0.1) is 0 Å². The van der Waals surface area contributed by atoms with Crippen LogP contribution < -0.4 is 5.32 Å². The summed E-state index contributed by atoms with van der Waals surface area (Å²) in [5, 5.41) is 7.87. The van der Waals surface area contributed by atoms with Crippen LogP contribution in [0.2, 0.25) is 0 Å². The number of nitrogens with zero attached hydrogens (tertiary/aromatic N) is 3. The molecular weight excluding hydrogens is 344 g/mol. The highest BCUT2D eigenvalue weighted by molar-refractivity contribution is 7.16. The molecule has 0 atom stereocenters. The lowest BCUT2D eigenvalue weighted by Crippen LogP contribution is -2.22. The molecule has 2 heterocycles. The molecule has 0 spiro atoms. The maximum Gasteiger partial charge on any atom is 0.264 e. The smallest absolute Gasteiger partial charge is 0.264 e. The number of benzene rings is 2. The first-order valence-corrected chi connectivity index (χ1v) is 9.01. The number of rotatable bonds is 5. The van der Waals surface area contributed by atoms with Gasteiger partial charge in [0.1, 0.15) is 4.88 Å². The van der Waals surface area contributed by atoms with E-state index >= 15 is 0 Å². The average molecular weight is 360 g/mol. The predicted octanol–water partition coefficient (Wildman–Crippen LogP) is 3.93. The van der Waals surface area contributed by atoms with Crippen molar-refractivity contribution in [1.29, 1.82) is 0 Å². The fourth-order valence-electron chi connectivity index (χ4n) is 2.59. The van der Waals surface area contributed by atoms with Gasteiger partial charge in [-0.15, -0.1) is 0 Å². The summed E-state index contributed by atoms with van der Waals surface area (Å²) in [4.78, 5) is 18.1. The van der Waals surface area contributed by atoms with Crippen molar-refractivity contribution in [2.45, 2.75) is 6.54 Å². The predicted molar refractivity (Wildman–Crippen MR) is 102 cm³/mol. The van der Waals surface area contributed by atoms with Crippen molar-refractivity contribution in [1.82, 2.24) is 20.1 Å². The van der Waals surface area contributed by atoms with Gasteiger partial charge in [0, 0.05) is 24.5 Å². The third-order valence-corrected chi connectivity index (χ3v) is 4.91. The summed E-state index contributed by atoms with van der Waals surface area (Å²) in [5.41, 5.74) is 2.64. The van der Waals surface area contributed by atoms with Crippen LogP contribution in [0.3, 0.4) is 0 Å². The van der Waals surface area contributed by atoms with Crippen molar-refractivity contribution in [3.63, 3.8) is 0 Å². The molecule has 0 aliphatic heterocycles. The highest BCUT2D eigenvalue weighted by atomic mass is 32.1. The third kappa shape index (κ3) is 3.41. The maximum atomic E-state index is 12.8. The minimum Gasteiger partial charge on any atom is -0.347 e. The Balaban J connectivity index is 1.66. The molecule has 1 N–H and O–H groups in total. The summed E-state index contributed by atoms with van der Waals surface area (Å²) in [5.74, 6) is -0.136. The zero-order valence-corrected chi connectivity index (χ0v) is 14.7. The average Bonchev–Trinajstić information content (AvgIpc) is 3.37. The molecule has 5 nitrogen and oxygen atoms in total. The van der Waals surface area contributed by atoms with Crippen LogP contribution in [-0.2, 0) is 6.54 Å². The van der Waals surface area contributed by atoms with E-state index in [1.807, 2.05) is 72.9 Å². The second kappa shape index (κ2) is 7.33. The van der Waals surface area contributed by atoms with E-state index in [-0.39, 0.29) is 5.91 Å². The van der Waals surface area contributed by atoms with Crippen molar-refractivity contribution in [2.75, 3.05) is 0 Å². The van der Waals surface area contributed by atoms with E-state index in [0.29, 0.717) is 22.2 Å². The first-order valence-electron chi connectivity index (χ1n) is 8.19. The zero-order chi connectivity index (χ0) is 17.8. The van der Waals surface area contributed by atoms with Gasteiger partial charge in [0.15, 0.2) is 0 Å². The van der Waals surface area contributed by atoms with E-state index in [2.05, 4.69) is 15.4 Å². The lowest BCUT2D eigenvalue weighted by molar-refractivity contribution is 0.0955. The molecule has 0 unspecified atom stereocenters. The van der Waals surface area contributed by atoms with Crippen LogP contribution >= 0.6 is 11.3 Å². The van der Waals surface area contributed by atoms with Gasteiger partial charge in [-0.25, -0.2) is 9.67 Å². The molecule has 4 aromatic rings. The van der Waals surface area contributed by atoms with Crippen LogP contribution in [0.1, 0.15) is 15.2 Å². The Labute approximate surface area is 155 Å². The van der Waals surface area contributed by atoms with Gasteiger partial charge in [0.2, 0.25) is 5.13 Å². The second-order valence-electron chi connectivity index (χ2n) is 5.66. The molecule has 0 bridgehead atoms. The van der Waals surface area contributed by atoms with Crippen LogP contribution in [0.5, 0.6) is 0 Å². The zero-order valence-electron chi connectivity index (χ0n) is 13.9. The number of thiazole rings is 1. The Kier molecular flexibility index (Phi) is 4.57. The summed E-state index contributed by atoms with van der Waals surface area (Å²) in [6.45, 7) is 0.475. The first-order chi connectivity index (χ1) is 12.8. The fraction of sp³-hybridized carbons (Fsp3) is 0.0500. The Hall–Kier alpha value is -3.25. The molecule has 1 amide bonds. The number of carbonyl (C=O) groups is 1. The normalized spacial score (nSPS) is 10.6. The molecule has 0 saturated carbocycles. The third-order valence-electron chi connectivity index (χ3n) is 3.87. The van der Waals surface area contributed by atoms with Crippen molar-refractivity contribution >= 4 is 17.2 Å². The van der Waals surface area contributed by atoms with E-state index in [4.69, 9.17) is 0 Å². The number of amides is 1. The molecule has 0 aliphatic rings. The molecule has 26 heavy (non-hydrogen) atoms. The minimum atomic E-state index is -0.136. The van der Waals surface area contributed by atoms with Crippen molar-refractivity contribution < 1.29 is 4.79 Å². The summed E-state index contributed by atoms with van der Waals surface area (Å²) < 4.78 is 1.67. The summed E-state index contributed by atoms with van der Waals surface area (Å²) in [6.07, 6.45) is 3.51. The molecule has 2 aromatic carbocycles. The highest BCUT2D eigenvalue weighted by Crippen LogP contribution is 2.30. The standard InChI is InChI=1S/C20H16N4OS/c25-19(21-14-15-8-3-1-4-9-15)18-17(16-10-5-2-6-11-16)23-20(26-18)24-13-7-12-22-24/h1-13H,14H2,(H,21,25). The quantitative estimate of drug-likeness (QED) is 0.587. The topological polar surface area (TPSA) is 59.8 Å². The lowest BCUT2D eigenvalue weighted by atomic mass is 10.1. The van der Waals surface area contributed by atoms with Gasteiger partial charge in [0.05, 0.1) is 5.69 Å². The van der Waals surface area contributed by atoms with Crippen molar-refractivity contribution in [3.05, 3.63) is 89.6 Å². The minimum absolute atomic E-state index is 0.136. The SMILES string of the molecule is O=C(NCc1ccccc1)c1sc(-n2cccn2)nc1-c1ccccc1. The molecule has 0 saturated heterocycles. The Morgan fingerprint density at radius 1 is 1.00 bits per heavy atom. The van der Waals surface area contributed by atoms with E-state index < -0.39 is 0 Å². The van der Waals surface area contributed by atoms with E-state index in [9.17, 15) is 4.79 Å². The van der Waals surface area contributed by atoms with Gasteiger partial charge in [-0.2, -0.15) is 5.10 Å². The molecule has 0 radical (unpaired) electrons. The molecule has 6 heteroatoms. The molecule has 128 valence electrons. The van der Waals surface area contributed by atoms with Crippen molar-refractivity contribution in [2.24, 2.45) is 0 Å². The largest absolute Gasteiger partial charge is 0.347 e. The highest BCUT2D eigenvalue weighted by Gasteiger charge is 2.20. The monoisotopic (exact) mass is 360 g/mol.